The summed E-state index contributed by atoms with van der Waals surface area (Å²) in [7, 11) is 0. The van der Waals surface area contributed by atoms with E-state index in [2.05, 4.69) is 61.8 Å². The third kappa shape index (κ3) is 5.28. The standard InChI is InChI=1S/C10H14BrN.C10H15N/c1-6(2)9-5-8(11)4-7(3)10(9)12;1-7(2)9-6-4-5-8(3)10(9)11/h4-6H,12H2,1-3H3;4-7H,11H2,1-3H3. The highest BCUT2D eigenvalue weighted by Gasteiger charge is 2.07. The number of hydrogen-bond acceptors (Lipinski definition) is 2. The summed E-state index contributed by atoms with van der Waals surface area (Å²) in [5, 5.41) is 0. The van der Waals surface area contributed by atoms with E-state index in [1.54, 1.807) is 0 Å². The van der Waals surface area contributed by atoms with Crippen molar-refractivity contribution in [1.29, 1.82) is 0 Å². The van der Waals surface area contributed by atoms with Crippen LogP contribution in [0.3, 0.4) is 0 Å². The molecule has 0 heterocycles. The van der Waals surface area contributed by atoms with Crippen molar-refractivity contribution in [2.24, 2.45) is 0 Å². The average molecular weight is 377 g/mol. The molecule has 0 atom stereocenters. The van der Waals surface area contributed by atoms with Crippen molar-refractivity contribution in [3.05, 3.63) is 57.1 Å². The third-order valence-corrected chi connectivity index (χ3v) is 4.44. The summed E-state index contributed by atoms with van der Waals surface area (Å²) < 4.78 is 1.11. The van der Waals surface area contributed by atoms with Gasteiger partial charge in [0, 0.05) is 15.8 Å². The van der Waals surface area contributed by atoms with Crippen LogP contribution < -0.4 is 11.5 Å². The molecule has 0 aliphatic rings. The molecule has 0 radical (unpaired) electrons. The molecule has 0 aliphatic carbocycles. The molecule has 3 heteroatoms. The molecular formula is C20H29BrN2. The van der Waals surface area contributed by atoms with Crippen LogP contribution >= 0.6 is 15.9 Å². The van der Waals surface area contributed by atoms with Crippen molar-refractivity contribution in [2.45, 2.75) is 53.4 Å². The summed E-state index contributed by atoms with van der Waals surface area (Å²) in [5.41, 5.74) is 18.5. The van der Waals surface area contributed by atoms with Crippen LogP contribution in [-0.2, 0) is 0 Å². The molecule has 2 aromatic rings. The summed E-state index contributed by atoms with van der Waals surface area (Å²) in [5.74, 6) is 1.01. The Hall–Kier alpha value is -1.48. The zero-order valence-corrected chi connectivity index (χ0v) is 16.7. The van der Waals surface area contributed by atoms with Crippen molar-refractivity contribution in [3.63, 3.8) is 0 Å². The van der Waals surface area contributed by atoms with Crippen LogP contribution in [0.25, 0.3) is 0 Å². The van der Waals surface area contributed by atoms with Gasteiger partial charge in [-0.1, -0.05) is 61.8 Å². The second kappa shape index (κ2) is 8.39. The van der Waals surface area contributed by atoms with Crippen molar-refractivity contribution < 1.29 is 0 Å². The summed E-state index contributed by atoms with van der Waals surface area (Å²) >= 11 is 3.46. The molecule has 0 spiro atoms. The van der Waals surface area contributed by atoms with Crippen LogP contribution in [-0.4, -0.2) is 0 Å². The zero-order valence-electron chi connectivity index (χ0n) is 15.1. The lowest BCUT2D eigenvalue weighted by atomic mass is 9.99. The first kappa shape index (κ1) is 19.6. The number of para-hydroxylation sites is 1. The fourth-order valence-electron chi connectivity index (χ4n) is 2.46. The van der Waals surface area contributed by atoms with Crippen LogP contribution in [0.15, 0.2) is 34.8 Å². The molecular weight excluding hydrogens is 348 g/mol. The molecule has 2 aromatic carbocycles. The molecule has 0 amide bonds. The van der Waals surface area contributed by atoms with Crippen LogP contribution in [0, 0.1) is 13.8 Å². The Kier molecular flexibility index (Phi) is 7.14. The summed E-state index contributed by atoms with van der Waals surface area (Å²) in [6.45, 7) is 12.7. The largest absolute Gasteiger partial charge is 0.398 e. The smallest absolute Gasteiger partial charge is 0.0379 e. The van der Waals surface area contributed by atoms with E-state index in [1.165, 1.54) is 16.7 Å². The van der Waals surface area contributed by atoms with Crippen LogP contribution in [0.2, 0.25) is 0 Å². The predicted molar refractivity (Wildman–Crippen MR) is 107 cm³/mol. The molecule has 0 aliphatic heterocycles. The monoisotopic (exact) mass is 376 g/mol. The van der Waals surface area contributed by atoms with Gasteiger partial charge in [0.05, 0.1) is 0 Å². The molecule has 0 unspecified atom stereocenters. The average Bonchev–Trinajstić information content (AvgIpc) is 2.46. The molecule has 0 saturated carbocycles. The molecule has 0 bridgehead atoms. The Bertz CT molecular complexity index is 661. The molecule has 4 N–H and O–H groups in total. The van der Waals surface area contributed by atoms with Gasteiger partial charge in [-0.2, -0.15) is 0 Å². The van der Waals surface area contributed by atoms with E-state index in [4.69, 9.17) is 11.5 Å². The number of rotatable bonds is 2. The normalized spacial score (nSPS) is 10.7. The minimum Gasteiger partial charge on any atom is -0.398 e. The quantitative estimate of drug-likeness (QED) is 0.616. The van der Waals surface area contributed by atoms with Gasteiger partial charge in [0.15, 0.2) is 0 Å². The molecule has 0 saturated heterocycles. The Morgan fingerprint density at radius 1 is 0.783 bits per heavy atom. The minimum absolute atomic E-state index is 0.487. The first-order valence-electron chi connectivity index (χ1n) is 8.05. The second-order valence-corrected chi connectivity index (χ2v) is 7.53. The van der Waals surface area contributed by atoms with E-state index >= 15 is 0 Å². The first-order chi connectivity index (χ1) is 10.6. The van der Waals surface area contributed by atoms with E-state index in [-0.39, 0.29) is 0 Å². The van der Waals surface area contributed by atoms with Gasteiger partial charge in [-0.05, 0) is 60.1 Å². The Morgan fingerprint density at radius 2 is 1.30 bits per heavy atom. The van der Waals surface area contributed by atoms with Crippen LogP contribution in [0.4, 0.5) is 11.4 Å². The van der Waals surface area contributed by atoms with Gasteiger partial charge < -0.3 is 11.5 Å². The zero-order chi connectivity index (χ0) is 17.7. The number of hydrogen-bond donors (Lipinski definition) is 2. The van der Waals surface area contributed by atoms with Crippen LogP contribution in [0.1, 0.15) is 61.8 Å². The Balaban J connectivity index is 0.000000231. The minimum atomic E-state index is 0.487. The highest BCUT2D eigenvalue weighted by Crippen LogP contribution is 2.28. The number of halogens is 1. The lowest BCUT2D eigenvalue weighted by Crippen LogP contribution is -1.98. The van der Waals surface area contributed by atoms with Gasteiger partial charge in [0.1, 0.15) is 0 Å². The number of nitrogen functional groups attached to an aromatic ring is 2. The number of aryl methyl sites for hydroxylation is 2. The molecule has 2 nitrogen and oxygen atoms in total. The first-order valence-corrected chi connectivity index (χ1v) is 8.84. The van der Waals surface area contributed by atoms with Gasteiger partial charge in [-0.3, -0.25) is 0 Å². The summed E-state index contributed by atoms with van der Waals surface area (Å²) in [6, 6.07) is 10.3. The third-order valence-electron chi connectivity index (χ3n) is 3.99. The predicted octanol–water partition coefficient (Wildman–Crippen LogP) is 6.16. The van der Waals surface area contributed by atoms with Gasteiger partial charge >= 0.3 is 0 Å². The fourth-order valence-corrected chi connectivity index (χ4v) is 3.05. The van der Waals surface area contributed by atoms with E-state index in [0.717, 1.165) is 21.4 Å². The fraction of sp³-hybridized carbons (Fsp3) is 0.400. The lowest BCUT2D eigenvalue weighted by Gasteiger charge is -2.12. The molecule has 23 heavy (non-hydrogen) atoms. The topological polar surface area (TPSA) is 52.0 Å². The van der Waals surface area contributed by atoms with E-state index in [1.807, 2.05) is 26.0 Å². The Morgan fingerprint density at radius 3 is 1.78 bits per heavy atom. The maximum Gasteiger partial charge on any atom is 0.0379 e. The highest BCUT2D eigenvalue weighted by atomic mass is 79.9. The summed E-state index contributed by atoms with van der Waals surface area (Å²) in [6.07, 6.45) is 0. The molecule has 0 aromatic heterocycles. The second-order valence-electron chi connectivity index (χ2n) is 6.61. The highest BCUT2D eigenvalue weighted by molar-refractivity contribution is 9.10. The maximum atomic E-state index is 5.93. The Labute approximate surface area is 149 Å². The number of nitrogens with two attached hydrogens (primary N) is 2. The van der Waals surface area contributed by atoms with Gasteiger partial charge in [-0.15, -0.1) is 0 Å². The van der Waals surface area contributed by atoms with E-state index in [0.29, 0.717) is 11.8 Å². The van der Waals surface area contributed by atoms with Crippen LogP contribution in [0.5, 0.6) is 0 Å². The van der Waals surface area contributed by atoms with Gasteiger partial charge in [0.2, 0.25) is 0 Å². The molecule has 2 rings (SSSR count). The summed E-state index contributed by atoms with van der Waals surface area (Å²) in [4.78, 5) is 0. The van der Waals surface area contributed by atoms with Crippen molar-refractivity contribution in [1.82, 2.24) is 0 Å². The lowest BCUT2D eigenvalue weighted by molar-refractivity contribution is 0.867. The van der Waals surface area contributed by atoms with Gasteiger partial charge in [-0.25, -0.2) is 0 Å². The van der Waals surface area contributed by atoms with Gasteiger partial charge in [0.25, 0.3) is 0 Å². The maximum absolute atomic E-state index is 5.93. The van der Waals surface area contributed by atoms with E-state index in [9.17, 15) is 0 Å². The number of anilines is 2. The molecule has 0 fully saturated rings. The SMILES string of the molecule is Cc1cc(Br)cc(C(C)C)c1N.Cc1cccc(C(C)C)c1N. The van der Waals surface area contributed by atoms with E-state index < -0.39 is 0 Å². The number of benzene rings is 2. The molecule has 126 valence electrons. The van der Waals surface area contributed by atoms with Crippen molar-refractivity contribution in [2.75, 3.05) is 11.5 Å². The van der Waals surface area contributed by atoms with Crippen molar-refractivity contribution in [3.8, 4) is 0 Å². The van der Waals surface area contributed by atoms with Crippen molar-refractivity contribution >= 4 is 27.3 Å².